The molecular formula is C21H28N2O3. The summed E-state index contributed by atoms with van der Waals surface area (Å²) in [6, 6.07) is 11.0. The zero-order chi connectivity index (χ0) is 18.2. The second-order valence-corrected chi connectivity index (χ2v) is 6.90. The highest BCUT2D eigenvalue weighted by Crippen LogP contribution is 2.17. The third kappa shape index (κ3) is 5.36. The van der Waals surface area contributed by atoms with Crippen LogP contribution in [0, 0.1) is 0 Å². The van der Waals surface area contributed by atoms with Crippen LogP contribution in [0.25, 0.3) is 0 Å². The molecule has 2 fully saturated rings. The van der Waals surface area contributed by atoms with E-state index >= 15 is 0 Å². The predicted molar refractivity (Wildman–Crippen MR) is 101 cm³/mol. The van der Waals surface area contributed by atoms with Crippen LogP contribution in [0.1, 0.15) is 41.8 Å². The van der Waals surface area contributed by atoms with Crippen molar-refractivity contribution in [2.75, 3.05) is 33.2 Å². The quantitative estimate of drug-likeness (QED) is 0.836. The molecule has 140 valence electrons. The van der Waals surface area contributed by atoms with Gasteiger partial charge in [-0.25, -0.2) is 0 Å². The molecule has 1 aromatic heterocycles. The average Bonchev–Trinajstić information content (AvgIpc) is 3.43. The third-order valence-corrected chi connectivity index (χ3v) is 4.79. The van der Waals surface area contributed by atoms with Gasteiger partial charge < -0.3 is 19.0 Å². The van der Waals surface area contributed by atoms with E-state index < -0.39 is 0 Å². The van der Waals surface area contributed by atoms with Crippen molar-refractivity contribution in [1.82, 2.24) is 9.80 Å². The molecule has 0 bridgehead atoms. The molecule has 1 amide bonds. The second kappa shape index (κ2) is 9.43. The van der Waals surface area contributed by atoms with Crippen molar-refractivity contribution in [2.24, 2.45) is 0 Å². The summed E-state index contributed by atoms with van der Waals surface area (Å²) in [5.41, 5.74) is 0.720. The Bertz CT molecular complexity index is 655. The molecule has 0 saturated carbocycles. The van der Waals surface area contributed by atoms with Crippen molar-refractivity contribution in [3.63, 3.8) is 0 Å². The fourth-order valence-corrected chi connectivity index (χ4v) is 3.22. The number of likely N-dealkylation sites (tertiary alicyclic amines) is 2. The van der Waals surface area contributed by atoms with Crippen LogP contribution in [-0.4, -0.2) is 48.9 Å². The van der Waals surface area contributed by atoms with E-state index in [-0.39, 0.29) is 5.91 Å². The first-order valence-corrected chi connectivity index (χ1v) is 9.45. The molecule has 5 heteroatoms. The standard InChI is InChI=1S/C16H17NO3.C5H11N/c18-16(17-9-1-2-10-17)13-5-7-14(8-6-13)20-12-15-4-3-11-19-15;1-6-4-2-3-5-6/h3-8,11H,1-2,9-10,12H2;2-5H2,1H3. The van der Waals surface area contributed by atoms with Crippen molar-refractivity contribution in [3.8, 4) is 5.75 Å². The van der Waals surface area contributed by atoms with Crippen LogP contribution in [0.5, 0.6) is 5.75 Å². The van der Waals surface area contributed by atoms with Crippen LogP contribution in [0.2, 0.25) is 0 Å². The summed E-state index contributed by atoms with van der Waals surface area (Å²) >= 11 is 0. The SMILES string of the molecule is CN1CCCC1.O=C(c1ccc(OCc2ccco2)cc1)N1CCCC1. The summed E-state index contributed by atoms with van der Waals surface area (Å²) in [5, 5.41) is 0. The topological polar surface area (TPSA) is 45.9 Å². The Kier molecular flexibility index (Phi) is 6.72. The Morgan fingerprint density at radius 2 is 1.65 bits per heavy atom. The number of rotatable bonds is 4. The van der Waals surface area contributed by atoms with Crippen molar-refractivity contribution >= 4 is 5.91 Å². The van der Waals surface area contributed by atoms with Crippen LogP contribution in [-0.2, 0) is 6.61 Å². The number of carbonyl (C=O) groups is 1. The number of furan rings is 1. The van der Waals surface area contributed by atoms with Gasteiger partial charge in [-0.3, -0.25) is 4.79 Å². The molecule has 2 saturated heterocycles. The molecule has 3 heterocycles. The lowest BCUT2D eigenvalue weighted by Gasteiger charge is -2.15. The third-order valence-electron chi connectivity index (χ3n) is 4.79. The van der Waals surface area contributed by atoms with Gasteiger partial charge in [0.1, 0.15) is 18.1 Å². The van der Waals surface area contributed by atoms with E-state index in [4.69, 9.17) is 9.15 Å². The Morgan fingerprint density at radius 1 is 1.00 bits per heavy atom. The first-order chi connectivity index (χ1) is 12.7. The lowest BCUT2D eigenvalue weighted by atomic mass is 10.2. The molecular weight excluding hydrogens is 328 g/mol. The largest absolute Gasteiger partial charge is 0.486 e. The maximum atomic E-state index is 12.2. The molecule has 0 aliphatic carbocycles. The van der Waals surface area contributed by atoms with E-state index in [1.165, 1.54) is 25.9 Å². The lowest BCUT2D eigenvalue weighted by molar-refractivity contribution is 0.0793. The fraction of sp³-hybridized carbons (Fsp3) is 0.476. The second-order valence-electron chi connectivity index (χ2n) is 6.90. The van der Waals surface area contributed by atoms with Gasteiger partial charge in [-0.2, -0.15) is 0 Å². The summed E-state index contributed by atoms with van der Waals surface area (Å²) in [7, 11) is 2.17. The first kappa shape index (κ1) is 18.5. The minimum atomic E-state index is 0.111. The average molecular weight is 356 g/mol. The van der Waals surface area contributed by atoms with Crippen LogP contribution in [0.4, 0.5) is 0 Å². The number of benzene rings is 1. The smallest absolute Gasteiger partial charge is 0.253 e. The van der Waals surface area contributed by atoms with Crippen LogP contribution in [0.15, 0.2) is 47.1 Å². The Balaban J connectivity index is 0.000000278. The van der Waals surface area contributed by atoms with Gasteiger partial charge >= 0.3 is 0 Å². The molecule has 0 radical (unpaired) electrons. The molecule has 26 heavy (non-hydrogen) atoms. The van der Waals surface area contributed by atoms with Gasteiger partial charge in [0, 0.05) is 18.7 Å². The molecule has 0 N–H and O–H groups in total. The van der Waals surface area contributed by atoms with Crippen molar-refractivity contribution < 1.29 is 13.9 Å². The Hall–Kier alpha value is -2.27. The van der Waals surface area contributed by atoms with Gasteiger partial charge in [0.2, 0.25) is 0 Å². The summed E-state index contributed by atoms with van der Waals surface area (Å²) < 4.78 is 10.8. The molecule has 5 nitrogen and oxygen atoms in total. The zero-order valence-corrected chi connectivity index (χ0v) is 15.5. The first-order valence-electron chi connectivity index (χ1n) is 9.45. The number of hydrogen-bond acceptors (Lipinski definition) is 4. The van der Waals surface area contributed by atoms with Crippen molar-refractivity contribution in [2.45, 2.75) is 32.3 Å². The van der Waals surface area contributed by atoms with Gasteiger partial charge in [-0.1, -0.05) is 0 Å². The number of carbonyl (C=O) groups excluding carboxylic acids is 1. The summed E-state index contributed by atoms with van der Waals surface area (Å²) in [6.45, 7) is 4.78. The highest BCUT2D eigenvalue weighted by Gasteiger charge is 2.19. The normalized spacial score (nSPS) is 17.0. The van der Waals surface area contributed by atoms with E-state index in [0.717, 1.165) is 43.0 Å². The molecule has 2 aromatic rings. The summed E-state index contributed by atoms with van der Waals surface area (Å²) in [4.78, 5) is 16.4. The van der Waals surface area contributed by atoms with Crippen molar-refractivity contribution in [3.05, 3.63) is 54.0 Å². The van der Waals surface area contributed by atoms with Gasteiger partial charge in [0.15, 0.2) is 0 Å². The summed E-state index contributed by atoms with van der Waals surface area (Å²) in [6.07, 6.45) is 6.66. The predicted octanol–water partition coefficient (Wildman–Crippen LogP) is 3.81. The van der Waals surface area contributed by atoms with Gasteiger partial charge in [0.05, 0.1) is 6.26 Å². The Labute approximate surface area is 155 Å². The van der Waals surface area contributed by atoms with Crippen LogP contribution >= 0.6 is 0 Å². The van der Waals surface area contributed by atoms with Gasteiger partial charge in [-0.05, 0) is 82.2 Å². The molecule has 0 atom stereocenters. The van der Waals surface area contributed by atoms with Gasteiger partial charge in [-0.15, -0.1) is 0 Å². The van der Waals surface area contributed by atoms with Crippen molar-refractivity contribution in [1.29, 1.82) is 0 Å². The number of ether oxygens (including phenoxy) is 1. The fourth-order valence-electron chi connectivity index (χ4n) is 3.22. The molecule has 4 rings (SSSR count). The van der Waals surface area contributed by atoms with E-state index in [2.05, 4.69) is 11.9 Å². The minimum Gasteiger partial charge on any atom is -0.486 e. The molecule has 1 aromatic carbocycles. The van der Waals surface area contributed by atoms with Gasteiger partial charge in [0.25, 0.3) is 5.91 Å². The van der Waals surface area contributed by atoms with E-state index in [1.807, 2.05) is 41.3 Å². The number of amides is 1. The van der Waals surface area contributed by atoms with E-state index in [1.54, 1.807) is 6.26 Å². The highest BCUT2D eigenvalue weighted by atomic mass is 16.5. The number of hydrogen-bond donors (Lipinski definition) is 0. The van der Waals surface area contributed by atoms with E-state index in [0.29, 0.717) is 6.61 Å². The zero-order valence-electron chi connectivity index (χ0n) is 15.5. The molecule has 2 aliphatic rings. The van der Waals surface area contributed by atoms with E-state index in [9.17, 15) is 4.79 Å². The lowest BCUT2D eigenvalue weighted by Crippen LogP contribution is -2.27. The highest BCUT2D eigenvalue weighted by molar-refractivity contribution is 5.94. The molecule has 0 unspecified atom stereocenters. The molecule has 2 aliphatic heterocycles. The summed E-state index contributed by atoms with van der Waals surface area (Å²) in [5.74, 6) is 1.63. The minimum absolute atomic E-state index is 0.111. The maximum Gasteiger partial charge on any atom is 0.253 e. The monoisotopic (exact) mass is 356 g/mol. The van der Waals surface area contributed by atoms with Crippen LogP contribution in [0.3, 0.4) is 0 Å². The van der Waals surface area contributed by atoms with Crippen LogP contribution < -0.4 is 4.74 Å². The number of nitrogens with zero attached hydrogens (tertiary/aromatic N) is 2. The Morgan fingerprint density at radius 3 is 2.19 bits per heavy atom. The maximum absolute atomic E-state index is 12.2. The molecule has 0 spiro atoms.